The smallest absolute Gasteiger partial charge is 0.263 e. The van der Waals surface area contributed by atoms with Crippen LogP contribution in [-0.2, 0) is 6.54 Å². The van der Waals surface area contributed by atoms with Gasteiger partial charge in [-0.25, -0.2) is 0 Å². The fourth-order valence-electron chi connectivity index (χ4n) is 3.83. The van der Waals surface area contributed by atoms with Crippen molar-refractivity contribution in [1.82, 2.24) is 14.8 Å². The van der Waals surface area contributed by atoms with Gasteiger partial charge in [0.05, 0.1) is 12.7 Å². The number of pyridine rings is 1. The Morgan fingerprint density at radius 3 is 2.71 bits per heavy atom. The molecule has 1 aliphatic heterocycles. The number of aromatic nitrogens is 1. The largest absolute Gasteiger partial charge is 0.496 e. The second-order valence-corrected chi connectivity index (χ2v) is 8.11. The quantitative estimate of drug-likeness (QED) is 0.738. The molecule has 2 amide bonds. The number of nitrogens with zero attached hydrogens (tertiary/aromatic N) is 2. The van der Waals surface area contributed by atoms with Crippen LogP contribution >= 0.6 is 0 Å². The molecule has 0 spiro atoms. The molecule has 2 aromatic rings. The van der Waals surface area contributed by atoms with Crippen molar-refractivity contribution >= 4 is 17.5 Å². The van der Waals surface area contributed by atoms with E-state index in [0.717, 1.165) is 25.9 Å². The first kappa shape index (κ1) is 22.6. The van der Waals surface area contributed by atoms with Gasteiger partial charge in [-0.1, -0.05) is 0 Å². The number of ether oxygens (including phenoxy) is 1. The van der Waals surface area contributed by atoms with Crippen LogP contribution in [0, 0.1) is 12.8 Å². The van der Waals surface area contributed by atoms with Crippen molar-refractivity contribution in [2.24, 2.45) is 5.92 Å². The van der Waals surface area contributed by atoms with Crippen LogP contribution in [0.15, 0.2) is 35.3 Å². The molecule has 0 aliphatic carbocycles. The van der Waals surface area contributed by atoms with Crippen LogP contribution in [0.2, 0.25) is 0 Å². The van der Waals surface area contributed by atoms with Gasteiger partial charge in [-0.2, -0.15) is 0 Å². The Balaban J connectivity index is 1.86. The summed E-state index contributed by atoms with van der Waals surface area (Å²) in [6.07, 6.45) is 3.90. The highest BCUT2D eigenvalue weighted by molar-refractivity contribution is 6.06. The lowest BCUT2D eigenvalue weighted by atomic mass is 9.99. The van der Waals surface area contributed by atoms with Gasteiger partial charge in [0.25, 0.3) is 17.4 Å². The van der Waals surface area contributed by atoms with Crippen molar-refractivity contribution in [2.75, 3.05) is 39.6 Å². The number of carbonyl (C=O) groups excluding carboxylic acids is 2. The minimum absolute atomic E-state index is 0.113. The molecule has 8 nitrogen and oxygen atoms in total. The number of rotatable bonds is 6. The van der Waals surface area contributed by atoms with Crippen LogP contribution in [0.25, 0.3) is 0 Å². The lowest BCUT2D eigenvalue weighted by Gasteiger charge is -2.23. The summed E-state index contributed by atoms with van der Waals surface area (Å²) in [6, 6.07) is 6.62. The number of amides is 2. The summed E-state index contributed by atoms with van der Waals surface area (Å²) in [5.74, 6) is 0.0432. The van der Waals surface area contributed by atoms with Crippen molar-refractivity contribution in [3.63, 3.8) is 0 Å². The van der Waals surface area contributed by atoms with Crippen LogP contribution in [0.3, 0.4) is 0 Å². The van der Waals surface area contributed by atoms with Crippen LogP contribution in [0.5, 0.6) is 5.75 Å². The van der Waals surface area contributed by atoms with E-state index in [1.54, 1.807) is 56.0 Å². The molecule has 1 atom stereocenters. The molecule has 1 fully saturated rings. The van der Waals surface area contributed by atoms with Gasteiger partial charge < -0.3 is 24.8 Å². The average molecular weight is 427 g/mol. The Morgan fingerprint density at radius 2 is 2.06 bits per heavy atom. The van der Waals surface area contributed by atoms with E-state index < -0.39 is 5.91 Å². The number of anilines is 1. The molecular formula is C23H30N4O4. The van der Waals surface area contributed by atoms with Crippen molar-refractivity contribution in [3.8, 4) is 5.75 Å². The van der Waals surface area contributed by atoms with Gasteiger partial charge in [-0.3, -0.25) is 14.4 Å². The highest BCUT2D eigenvalue weighted by atomic mass is 16.5. The molecule has 166 valence electrons. The monoisotopic (exact) mass is 426 g/mol. The molecule has 1 aliphatic rings. The summed E-state index contributed by atoms with van der Waals surface area (Å²) in [5, 5.41) is 6.12. The Morgan fingerprint density at radius 1 is 1.29 bits per heavy atom. The van der Waals surface area contributed by atoms with E-state index in [0.29, 0.717) is 35.0 Å². The Labute approximate surface area is 182 Å². The predicted molar refractivity (Wildman–Crippen MR) is 120 cm³/mol. The lowest BCUT2D eigenvalue weighted by molar-refractivity contribution is 0.0824. The molecule has 1 unspecified atom stereocenters. The van der Waals surface area contributed by atoms with E-state index in [1.165, 1.54) is 12.0 Å². The van der Waals surface area contributed by atoms with Gasteiger partial charge in [0, 0.05) is 32.5 Å². The van der Waals surface area contributed by atoms with E-state index in [1.807, 2.05) is 0 Å². The second kappa shape index (κ2) is 9.78. The summed E-state index contributed by atoms with van der Waals surface area (Å²) in [6.45, 7) is 4.21. The number of nitrogens with one attached hydrogen (secondary N) is 2. The van der Waals surface area contributed by atoms with Gasteiger partial charge >= 0.3 is 0 Å². The summed E-state index contributed by atoms with van der Waals surface area (Å²) >= 11 is 0. The molecule has 3 rings (SSSR count). The SMILES string of the molecule is COc1ccc(NC(=O)c2c(C)ccn(CC3CCCNC3)c2=O)cc1C(=O)N(C)C. The van der Waals surface area contributed by atoms with Crippen LogP contribution in [0.4, 0.5) is 5.69 Å². The zero-order valence-electron chi connectivity index (χ0n) is 18.5. The van der Waals surface area contributed by atoms with E-state index in [2.05, 4.69) is 10.6 Å². The molecule has 2 N–H and O–H groups in total. The molecular weight excluding hydrogens is 396 g/mol. The fraction of sp³-hybridized carbons (Fsp3) is 0.435. The van der Waals surface area contributed by atoms with Crippen LogP contribution in [-0.4, -0.2) is 55.6 Å². The van der Waals surface area contributed by atoms with E-state index in [9.17, 15) is 14.4 Å². The first-order valence-electron chi connectivity index (χ1n) is 10.4. The van der Waals surface area contributed by atoms with E-state index in [-0.39, 0.29) is 17.0 Å². The molecule has 1 aromatic carbocycles. The number of hydrogen-bond acceptors (Lipinski definition) is 5. The average Bonchev–Trinajstić information content (AvgIpc) is 2.76. The summed E-state index contributed by atoms with van der Waals surface area (Å²) < 4.78 is 6.89. The maximum Gasteiger partial charge on any atom is 0.263 e. The van der Waals surface area contributed by atoms with Crippen LogP contribution < -0.4 is 20.9 Å². The van der Waals surface area contributed by atoms with Gasteiger partial charge in [0.2, 0.25) is 0 Å². The highest BCUT2D eigenvalue weighted by Crippen LogP contribution is 2.24. The first-order chi connectivity index (χ1) is 14.8. The number of aryl methyl sites for hydroxylation is 1. The third kappa shape index (κ3) is 5.14. The first-order valence-corrected chi connectivity index (χ1v) is 10.4. The Bertz CT molecular complexity index is 1020. The zero-order chi connectivity index (χ0) is 22.5. The third-order valence-corrected chi connectivity index (χ3v) is 5.55. The molecule has 2 heterocycles. The maximum atomic E-state index is 13.1. The normalized spacial score (nSPS) is 15.9. The van der Waals surface area contributed by atoms with Crippen molar-refractivity contribution in [1.29, 1.82) is 0 Å². The topological polar surface area (TPSA) is 92.7 Å². The predicted octanol–water partition coefficient (Wildman–Crippen LogP) is 2.12. The third-order valence-electron chi connectivity index (χ3n) is 5.55. The minimum atomic E-state index is -0.493. The summed E-state index contributed by atoms with van der Waals surface area (Å²) in [4.78, 5) is 40.0. The molecule has 1 saturated heterocycles. The number of carbonyl (C=O) groups is 2. The molecule has 31 heavy (non-hydrogen) atoms. The number of hydrogen-bond donors (Lipinski definition) is 2. The Hall–Kier alpha value is -3.13. The van der Waals surface area contributed by atoms with Crippen molar-refractivity contribution in [2.45, 2.75) is 26.3 Å². The van der Waals surface area contributed by atoms with E-state index in [4.69, 9.17) is 4.74 Å². The van der Waals surface area contributed by atoms with Crippen molar-refractivity contribution < 1.29 is 14.3 Å². The zero-order valence-corrected chi connectivity index (χ0v) is 18.5. The minimum Gasteiger partial charge on any atom is -0.496 e. The molecule has 8 heteroatoms. The second-order valence-electron chi connectivity index (χ2n) is 8.11. The molecule has 1 aromatic heterocycles. The standard InChI is InChI=1S/C23H30N4O4/c1-15-9-11-27(14-16-6-5-10-24-13-16)23(30)20(15)21(28)25-17-7-8-19(31-4)18(12-17)22(29)26(2)3/h7-9,11-12,16,24H,5-6,10,13-14H2,1-4H3,(H,25,28). The number of methoxy groups -OCH3 is 1. The molecule has 0 radical (unpaired) electrons. The lowest BCUT2D eigenvalue weighted by Crippen LogP contribution is -2.36. The van der Waals surface area contributed by atoms with Gasteiger partial charge in [-0.05, 0) is 68.6 Å². The molecule has 0 saturated carbocycles. The highest BCUT2D eigenvalue weighted by Gasteiger charge is 2.20. The van der Waals surface area contributed by atoms with Crippen LogP contribution in [0.1, 0.15) is 39.1 Å². The fourth-order valence-corrected chi connectivity index (χ4v) is 3.83. The van der Waals surface area contributed by atoms with Crippen molar-refractivity contribution in [3.05, 3.63) is 57.5 Å². The number of piperidine rings is 1. The summed E-state index contributed by atoms with van der Waals surface area (Å²) in [5.41, 5.74) is 1.17. The summed E-state index contributed by atoms with van der Waals surface area (Å²) in [7, 11) is 4.77. The molecule has 0 bridgehead atoms. The maximum absolute atomic E-state index is 13.1. The Kier molecular flexibility index (Phi) is 7.12. The van der Waals surface area contributed by atoms with Gasteiger partial charge in [0.1, 0.15) is 11.3 Å². The number of benzene rings is 1. The van der Waals surface area contributed by atoms with Gasteiger partial charge in [-0.15, -0.1) is 0 Å². The van der Waals surface area contributed by atoms with Gasteiger partial charge in [0.15, 0.2) is 0 Å². The van der Waals surface area contributed by atoms with E-state index >= 15 is 0 Å².